The number of carbonyl (C=O) groups excluding carboxylic acids is 1. The zero-order chi connectivity index (χ0) is 27.1. The van der Waals surface area contributed by atoms with Crippen molar-refractivity contribution < 1.29 is 13.6 Å². The number of halogens is 2. The van der Waals surface area contributed by atoms with Crippen molar-refractivity contribution in [1.29, 1.82) is 5.41 Å². The molecule has 2 aliphatic rings. The predicted molar refractivity (Wildman–Crippen MR) is 145 cm³/mol. The highest BCUT2D eigenvalue weighted by atomic mass is 19.1. The number of rotatable bonds is 6. The molecule has 1 saturated heterocycles. The van der Waals surface area contributed by atoms with Gasteiger partial charge < -0.3 is 9.47 Å². The molecule has 8 heteroatoms. The summed E-state index contributed by atoms with van der Waals surface area (Å²) in [6.07, 6.45) is 3.38. The minimum atomic E-state index is -0.411. The van der Waals surface area contributed by atoms with Crippen molar-refractivity contribution in [3.05, 3.63) is 112 Å². The van der Waals surface area contributed by atoms with Crippen LogP contribution in [-0.2, 0) is 6.54 Å². The summed E-state index contributed by atoms with van der Waals surface area (Å²) < 4.78 is 29.1. The van der Waals surface area contributed by atoms with Crippen LogP contribution >= 0.6 is 0 Å². The van der Waals surface area contributed by atoms with E-state index in [4.69, 9.17) is 10.4 Å². The normalized spacial score (nSPS) is 15.6. The molecule has 1 aliphatic heterocycles. The van der Waals surface area contributed by atoms with E-state index in [-0.39, 0.29) is 23.4 Å². The van der Waals surface area contributed by atoms with Gasteiger partial charge in [-0.15, -0.1) is 0 Å². The van der Waals surface area contributed by atoms with Gasteiger partial charge in [-0.25, -0.2) is 13.8 Å². The first-order valence-electron chi connectivity index (χ1n) is 13.1. The van der Waals surface area contributed by atoms with E-state index in [0.717, 1.165) is 35.3 Å². The lowest BCUT2D eigenvalue weighted by molar-refractivity contribution is 0.0710. The standard InChI is InChI=1S/C31H27F2N5O/c1-19-13-23(17-35-29(19)28(34)22-5-4-6-24(32)16-22)31(39)37-11-9-21(10-12-37)30-36-26-7-2-3-8-27(26)38(30)18-20-14-25(33)15-20/h2-8,13,16-17,21,34H,9-12,14,18H2,1H3. The number of aryl methyl sites for hydroxylation is 1. The minimum Gasteiger partial charge on any atom is -0.339 e. The molecule has 0 radical (unpaired) electrons. The van der Waals surface area contributed by atoms with Gasteiger partial charge in [0.2, 0.25) is 0 Å². The third-order valence-corrected chi connectivity index (χ3v) is 7.54. The molecule has 1 fully saturated rings. The molecule has 2 aromatic heterocycles. The number of para-hydroxylation sites is 2. The molecule has 6 nitrogen and oxygen atoms in total. The van der Waals surface area contributed by atoms with Crippen molar-refractivity contribution in [2.45, 2.75) is 38.6 Å². The van der Waals surface area contributed by atoms with Crippen molar-refractivity contribution in [2.75, 3.05) is 13.1 Å². The zero-order valence-corrected chi connectivity index (χ0v) is 21.5. The van der Waals surface area contributed by atoms with Crippen molar-refractivity contribution in [1.82, 2.24) is 19.4 Å². The van der Waals surface area contributed by atoms with Gasteiger partial charge in [-0.2, -0.15) is 0 Å². The SMILES string of the molecule is Cc1cc(C(=O)N2CCC(c3nc4ccccc4n3CC3=C=C(F)C3)CC2)cnc1C(=N)c1cccc(F)c1. The number of hydrogen-bond donors (Lipinski definition) is 1. The molecule has 2 aromatic carbocycles. The molecule has 1 N–H and O–H groups in total. The average Bonchev–Trinajstić information content (AvgIpc) is 3.30. The first-order valence-corrected chi connectivity index (χ1v) is 13.1. The Kier molecular flexibility index (Phi) is 6.41. The minimum absolute atomic E-state index is 0.0957. The summed E-state index contributed by atoms with van der Waals surface area (Å²) in [5.74, 6) is 0.451. The number of imidazole rings is 1. The molecule has 4 aromatic rings. The fourth-order valence-electron chi connectivity index (χ4n) is 5.48. The van der Waals surface area contributed by atoms with Crippen LogP contribution in [-0.4, -0.2) is 44.1 Å². The zero-order valence-electron chi connectivity index (χ0n) is 21.5. The van der Waals surface area contributed by atoms with E-state index in [1.165, 1.54) is 18.3 Å². The Balaban J connectivity index is 1.17. The number of amides is 1. The van der Waals surface area contributed by atoms with Crippen LogP contribution < -0.4 is 0 Å². The Morgan fingerprint density at radius 2 is 1.85 bits per heavy atom. The van der Waals surface area contributed by atoms with Crippen molar-refractivity contribution >= 4 is 22.7 Å². The van der Waals surface area contributed by atoms with Crippen LogP contribution in [0.4, 0.5) is 8.78 Å². The van der Waals surface area contributed by atoms with E-state index in [9.17, 15) is 13.6 Å². The number of piperidine rings is 1. The van der Waals surface area contributed by atoms with Crippen molar-refractivity contribution in [2.24, 2.45) is 0 Å². The van der Waals surface area contributed by atoms with Gasteiger partial charge in [0.25, 0.3) is 5.91 Å². The van der Waals surface area contributed by atoms with Gasteiger partial charge in [0.15, 0.2) is 0 Å². The van der Waals surface area contributed by atoms with Gasteiger partial charge in [-0.1, -0.05) is 30.0 Å². The number of nitrogens with zero attached hydrogens (tertiary/aromatic N) is 4. The Morgan fingerprint density at radius 3 is 2.56 bits per heavy atom. The molecule has 6 rings (SSSR count). The number of benzene rings is 2. The van der Waals surface area contributed by atoms with Crippen LogP contribution in [0.25, 0.3) is 11.0 Å². The maximum atomic E-state index is 13.6. The van der Waals surface area contributed by atoms with E-state index < -0.39 is 5.82 Å². The summed E-state index contributed by atoms with van der Waals surface area (Å²) >= 11 is 0. The number of allylic oxidation sites excluding steroid dienone is 1. The number of likely N-dealkylation sites (tertiary alicyclic amines) is 1. The van der Waals surface area contributed by atoms with Gasteiger partial charge in [-0.05, 0) is 55.7 Å². The number of nitrogens with one attached hydrogen (secondary N) is 1. The van der Waals surface area contributed by atoms with Gasteiger partial charge in [-0.3, -0.25) is 15.2 Å². The topological polar surface area (TPSA) is 74.9 Å². The van der Waals surface area contributed by atoms with Gasteiger partial charge in [0.1, 0.15) is 17.5 Å². The summed E-state index contributed by atoms with van der Waals surface area (Å²) in [6, 6.07) is 15.6. The monoisotopic (exact) mass is 523 g/mol. The lowest BCUT2D eigenvalue weighted by atomic mass is 9.95. The van der Waals surface area contributed by atoms with E-state index in [0.29, 0.717) is 48.4 Å². The van der Waals surface area contributed by atoms with Gasteiger partial charge in [0, 0.05) is 42.8 Å². The molecule has 0 spiro atoms. The highest BCUT2D eigenvalue weighted by Gasteiger charge is 2.29. The number of aromatic nitrogens is 3. The van der Waals surface area contributed by atoms with E-state index >= 15 is 0 Å². The summed E-state index contributed by atoms with van der Waals surface area (Å²) in [6.45, 7) is 3.56. The molecule has 196 valence electrons. The third-order valence-electron chi connectivity index (χ3n) is 7.54. The summed E-state index contributed by atoms with van der Waals surface area (Å²) in [4.78, 5) is 24.5. The predicted octanol–water partition coefficient (Wildman–Crippen LogP) is 6.10. The van der Waals surface area contributed by atoms with Crippen molar-refractivity contribution in [3.63, 3.8) is 0 Å². The van der Waals surface area contributed by atoms with Crippen LogP contribution in [0.2, 0.25) is 0 Å². The largest absolute Gasteiger partial charge is 0.339 e. The van der Waals surface area contributed by atoms with E-state index in [1.807, 2.05) is 36.1 Å². The molecule has 0 unspecified atom stereocenters. The van der Waals surface area contributed by atoms with Crippen LogP contribution in [0.5, 0.6) is 0 Å². The summed E-state index contributed by atoms with van der Waals surface area (Å²) in [5.41, 5.74) is 7.78. The number of pyridine rings is 1. The van der Waals surface area contributed by atoms with Gasteiger partial charge in [0.05, 0.1) is 34.5 Å². The quantitative estimate of drug-likeness (QED) is 0.245. The fraction of sp³-hybridized carbons (Fsp3) is 0.258. The Bertz CT molecular complexity index is 1690. The molecule has 0 saturated carbocycles. The molecular formula is C31H27F2N5O. The van der Waals surface area contributed by atoms with Crippen LogP contribution in [0.15, 0.2) is 77.9 Å². The molecule has 39 heavy (non-hydrogen) atoms. The fourth-order valence-corrected chi connectivity index (χ4v) is 5.48. The molecular weight excluding hydrogens is 496 g/mol. The molecule has 0 atom stereocenters. The van der Waals surface area contributed by atoms with Crippen LogP contribution in [0.1, 0.15) is 58.2 Å². The second-order valence-electron chi connectivity index (χ2n) is 10.2. The Morgan fingerprint density at radius 1 is 1.08 bits per heavy atom. The molecule has 1 amide bonds. The first-order chi connectivity index (χ1) is 18.9. The maximum Gasteiger partial charge on any atom is 0.255 e. The number of carbonyl (C=O) groups is 1. The lowest BCUT2D eigenvalue weighted by Gasteiger charge is -2.32. The molecule has 1 aliphatic carbocycles. The van der Waals surface area contributed by atoms with E-state index in [1.54, 1.807) is 18.2 Å². The van der Waals surface area contributed by atoms with E-state index in [2.05, 4.69) is 15.3 Å². The van der Waals surface area contributed by atoms with Crippen LogP contribution in [0.3, 0.4) is 0 Å². The third kappa shape index (κ3) is 4.79. The number of hydrogen-bond acceptors (Lipinski definition) is 4. The smallest absolute Gasteiger partial charge is 0.255 e. The second-order valence-corrected chi connectivity index (χ2v) is 10.2. The van der Waals surface area contributed by atoms with Crippen molar-refractivity contribution in [3.8, 4) is 0 Å². The summed E-state index contributed by atoms with van der Waals surface area (Å²) in [7, 11) is 0. The van der Waals surface area contributed by atoms with Gasteiger partial charge >= 0.3 is 0 Å². The lowest BCUT2D eigenvalue weighted by Crippen LogP contribution is -2.38. The highest BCUT2D eigenvalue weighted by Crippen LogP contribution is 2.33. The number of fused-ring (bicyclic) bond motifs is 1. The average molecular weight is 524 g/mol. The highest BCUT2D eigenvalue weighted by molar-refractivity contribution is 6.10. The summed E-state index contributed by atoms with van der Waals surface area (Å²) in [5, 5.41) is 8.45. The first kappa shape index (κ1) is 24.9. The molecule has 3 heterocycles. The van der Waals surface area contributed by atoms with Crippen LogP contribution in [0, 0.1) is 18.2 Å². The maximum absolute atomic E-state index is 13.6. The second kappa shape index (κ2) is 10.0. The molecule has 0 bridgehead atoms. The Hall–Kier alpha value is -4.42. The Labute approximate surface area is 224 Å².